The van der Waals surface area contributed by atoms with Crippen molar-refractivity contribution in [1.82, 2.24) is 4.83 Å². The van der Waals surface area contributed by atoms with Crippen molar-refractivity contribution < 1.29 is 23.1 Å². The molecule has 1 aliphatic heterocycles. The number of carbonyl (C=O) groups is 1. The molecule has 0 fully saturated rings. The summed E-state index contributed by atoms with van der Waals surface area (Å²) in [5.74, 6) is -0.839. The lowest BCUT2D eigenvalue weighted by Crippen LogP contribution is -2.26. The Morgan fingerprint density at radius 3 is 2.38 bits per heavy atom. The molecule has 1 heterocycles. The molecule has 2 atom stereocenters. The van der Waals surface area contributed by atoms with Gasteiger partial charge in [-0.3, -0.25) is 0 Å². The zero-order chi connectivity index (χ0) is 22.9. The fraction of sp³-hybridized carbons (Fsp3) is 0.167. The van der Waals surface area contributed by atoms with E-state index in [-0.39, 0.29) is 10.6 Å². The predicted molar refractivity (Wildman–Crippen MR) is 120 cm³/mol. The number of aryl methyl sites for hydroxylation is 1. The summed E-state index contributed by atoms with van der Waals surface area (Å²) in [6, 6.07) is 19.7. The fourth-order valence-corrected chi connectivity index (χ4v) is 4.45. The van der Waals surface area contributed by atoms with Crippen LogP contribution in [0.2, 0.25) is 0 Å². The van der Waals surface area contributed by atoms with E-state index in [9.17, 15) is 18.3 Å². The van der Waals surface area contributed by atoms with Crippen LogP contribution in [0.15, 0.2) is 82.8 Å². The van der Waals surface area contributed by atoms with Crippen molar-refractivity contribution in [2.24, 2.45) is 11.0 Å². The van der Waals surface area contributed by atoms with E-state index in [0.717, 1.165) is 11.1 Å². The van der Waals surface area contributed by atoms with Crippen molar-refractivity contribution in [1.29, 1.82) is 0 Å². The second-order valence-electron chi connectivity index (χ2n) is 7.65. The maximum absolute atomic E-state index is 12.8. The normalized spacial score (nSPS) is 16.9. The lowest BCUT2D eigenvalue weighted by molar-refractivity contribution is 0.0326. The molecule has 3 aromatic rings. The third-order valence-electron chi connectivity index (χ3n) is 5.39. The number of hydrazone groups is 1. The first-order valence-electron chi connectivity index (χ1n) is 10.0. The van der Waals surface area contributed by atoms with Gasteiger partial charge in [0.05, 0.1) is 16.2 Å². The number of hydrogen-bond acceptors (Lipinski definition) is 6. The van der Waals surface area contributed by atoms with Crippen molar-refractivity contribution in [3.63, 3.8) is 0 Å². The molecule has 1 aliphatic rings. The number of ether oxygens (including phenoxy) is 1. The van der Waals surface area contributed by atoms with Gasteiger partial charge in [-0.1, -0.05) is 42.8 Å². The van der Waals surface area contributed by atoms with Crippen LogP contribution in [0.5, 0.6) is 5.75 Å². The lowest BCUT2D eigenvalue weighted by atomic mass is 9.89. The van der Waals surface area contributed by atoms with Crippen LogP contribution in [0, 0.1) is 12.8 Å². The molecular weight excluding hydrogens is 428 g/mol. The number of hydrogen-bond donors (Lipinski definition) is 2. The van der Waals surface area contributed by atoms with Crippen LogP contribution in [0.4, 0.5) is 0 Å². The van der Waals surface area contributed by atoms with E-state index in [4.69, 9.17) is 4.74 Å². The van der Waals surface area contributed by atoms with Crippen LogP contribution in [0.3, 0.4) is 0 Å². The van der Waals surface area contributed by atoms with E-state index in [1.165, 1.54) is 24.3 Å². The molecule has 0 spiro atoms. The molecule has 0 saturated carbocycles. The van der Waals surface area contributed by atoms with E-state index in [1.54, 1.807) is 36.4 Å². The summed E-state index contributed by atoms with van der Waals surface area (Å²) in [5, 5.41) is 13.9. The summed E-state index contributed by atoms with van der Waals surface area (Å²) >= 11 is 0. The lowest BCUT2D eigenvalue weighted by Gasteiger charge is -2.21. The van der Waals surface area contributed by atoms with Gasteiger partial charge in [-0.2, -0.15) is 18.4 Å². The maximum Gasteiger partial charge on any atom is 0.339 e. The number of aromatic hydroxyl groups is 1. The summed E-state index contributed by atoms with van der Waals surface area (Å²) < 4.78 is 31.2. The largest absolute Gasteiger partial charge is 0.508 e. The Labute approximate surface area is 186 Å². The van der Waals surface area contributed by atoms with Gasteiger partial charge in [0, 0.05) is 11.5 Å². The van der Waals surface area contributed by atoms with Gasteiger partial charge in [-0.25, -0.2) is 4.79 Å². The Bertz CT molecular complexity index is 1280. The first kappa shape index (κ1) is 21.6. The van der Waals surface area contributed by atoms with Gasteiger partial charge in [-0.05, 0) is 55.0 Å². The number of esters is 1. The highest BCUT2D eigenvalue weighted by Gasteiger charge is 2.37. The number of nitrogens with one attached hydrogen (secondary N) is 1. The third-order valence-corrected chi connectivity index (χ3v) is 6.61. The SMILES string of the molecule is Cc1ccc(S(=O)(=O)N/N=C(/c2ccc(O)cc2)[C@H](C)[C@@H]2OC(=O)c3ccccc32)cc1. The number of nitrogens with zero attached hydrogens (tertiary/aromatic N) is 1. The number of phenols is 1. The molecule has 4 rings (SSSR count). The third kappa shape index (κ3) is 4.22. The molecule has 0 bridgehead atoms. The molecule has 8 heteroatoms. The van der Waals surface area contributed by atoms with Gasteiger partial charge in [0.15, 0.2) is 0 Å². The average Bonchev–Trinajstić information content (AvgIpc) is 3.12. The van der Waals surface area contributed by atoms with Crippen LogP contribution < -0.4 is 4.83 Å². The van der Waals surface area contributed by atoms with Crippen LogP contribution in [-0.4, -0.2) is 25.2 Å². The standard InChI is InChI=1S/C24H22N2O5S/c1-15-7-13-19(14-8-15)32(29,30)26-25-22(17-9-11-18(27)12-10-17)16(2)23-20-5-3-4-6-21(20)24(28)31-23/h3-14,16,23,26-27H,1-2H3/b25-22+/t16-,23-/m0/s1. The van der Waals surface area contributed by atoms with Crippen LogP contribution >= 0.6 is 0 Å². The number of sulfonamides is 1. The zero-order valence-corrected chi connectivity index (χ0v) is 18.3. The summed E-state index contributed by atoms with van der Waals surface area (Å²) in [5.41, 5.74) is 3.10. The van der Waals surface area contributed by atoms with E-state index in [1.807, 2.05) is 26.0 Å². The van der Waals surface area contributed by atoms with Crippen molar-refractivity contribution in [2.45, 2.75) is 24.8 Å². The molecule has 7 nitrogen and oxygen atoms in total. The van der Waals surface area contributed by atoms with Gasteiger partial charge in [-0.15, -0.1) is 0 Å². The molecule has 0 unspecified atom stereocenters. The summed E-state index contributed by atoms with van der Waals surface area (Å²) in [6.45, 7) is 3.68. The van der Waals surface area contributed by atoms with Gasteiger partial charge in [0.1, 0.15) is 11.9 Å². The summed E-state index contributed by atoms with van der Waals surface area (Å²) in [7, 11) is -3.91. The Kier molecular flexibility index (Phi) is 5.71. The first-order chi connectivity index (χ1) is 15.3. The molecule has 0 amide bonds. The highest BCUT2D eigenvalue weighted by Crippen LogP contribution is 2.37. The van der Waals surface area contributed by atoms with Crippen molar-refractivity contribution in [3.8, 4) is 5.75 Å². The summed E-state index contributed by atoms with van der Waals surface area (Å²) in [4.78, 5) is 14.7. The predicted octanol–water partition coefficient (Wildman–Crippen LogP) is 3.93. The van der Waals surface area contributed by atoms with Gasteiger partial charge >= 0.3 is 5.97 Å². The Morgan fingerprint density at radius 1 is 1.03 bits per heavy atom. The van der Waals surface area contributed by atoms with Crippen molar-refractivity contribution in [2.75, 3.05) is 0 Å². The minimum absolute atomic E-state index is 0.0682. The highest BCUT2D eigenvalue weighted by molar-refractivity contribution is 7.89. The minimum Gasteiger partial charge on any atom is -0.508 e. The molecule has 0 aliphatic carbocycles. The Morgan fingerprint density at radius 2 is 1.69 bits per heavy atom. The number of phenolic OH excluding ortho intramolecular Hbond substituents is 1. The maximum atomic E-state index is 12.8. The van der Waals surface area contributed by atoms with E-state index < -0.39 is 28.0 Å². The monoisotopic (exact) mass is 450 g/mol. The molecule has 3 aromatic carbocycles. The van der Waals surface area contributed by atoms with Crippen LogP contribution in [0.25, 0.3) is 0 Å². The number of cyclic esters (lactones) is 1. The first-order valence-corrected chi connectivity index (χ1v) is 11.5. The topological polar surface area (TPSA) is 105 Å². The Balaban J connectivity index is 1.72. The average molecular weight is 451 g/mol. The van der Waals surface area contributed by atoms with Gasteiger partial charge < -0.3 is 9.84 Å². The fourth-order valence-electron chi connectivity index (χ4n) is 3.63. The molecule has 0 radical (unpaired) electrons. The number of benzene rings is 3. The number of rotatable bonds is 6. The van der Waals surface area contributed by atoms with Crippen molar-refractivity contribution in [3.05, 3.63) is 95.1 Å². The van der Waals surface area contributed by atoms with E-state index in [0.29, 0.717) is 16.8 Å². The van der Waals surface area contributed by atoms with Crippen LogP contribution in [0.1, 0.15) is 40.1 Å². The second kappa shape index (κ2) is 8.47. The van der Waals surface area contributed by atoms with E-state index >= 15 is 0 Å². The minimum atomic E-state index is -3.91. The molecule has 32 heavy (non-hydrogen) atoms. The van der Waals surface area contributed by atoms with Crippen molar-refractivity contribution >= 4 is 21.7 Å². The van der Waals surface area contributed by atoms with Gasteiger partial charge in [0.25, 0.3) is 10.0 Å². The smallest absolute Gasteiger partial charge is 0.339 e. The molecule has 0 aromatic heterocycles. The van der Waals surface area contributed by atoms with E-state index in [2.05, 4.69) is 9.93 Å². The highest BCUT2D eigenvalue weighted by atomic mass is 32.2. The number of fused-ring (bicyclic) bond motifs is 1. The van der Waals surface area contributed by atoms with Crippen LogP contribution in [-0.2, 0) is 14.8 Å². The molecule has 164 valence electrons. The number of carbonyl (C=O) groups excluding carboxylic acids is 1. The van der Waals surface area contributed by atoms with Gasteiger partial charge in [0.2, 0.25) is 0 Å². The quantitative estimate of drug-likeness (QED) is 0.336. The summed E-state index contributed by atoms with van der Waals surface area (Å²) in [6.07, 6.45) is -0.630. The molecular formula is C24H22N2O5S. The molecule has 0 saturated heterocycles. The Hall–Kier alpha value is -3.65. The second-order valence-corrected chi connectivity index (χ2v) is 9.31. The zero-order valence-electron chi connectivity index (χ0n) is 17.5. The molecule has 2 N–H and O–H groups in total.